The van der Waals surface area contributed by atoms with E-state index in [9.17, 15) is 0 Å². The second-order valence-corrected chi connectivity index (χ2v) is 4.22. The Morgan fingerprint density at radius 1 is 0.824 bits per heavy atom. The molecule has 0 aliphatic carbocycles. The topological polar surface area (TPSA) is 36.9 Å². The fourth-order valence-electron chi connectivity index (χ4n) is 1.19. The minimum atomic E-state index is 0.518. The van der Waals surface area contributed by atoms with E-state index in [-0.39, 0.29) is 0 Å². The molecule has 17 heavy (non-hydrogen) atoms. The van der Waals surface area contributed by atoms with Crippen LogP contribution in [0.2, 0.25) is 0 Å². The summed E-state index contributed by atoms with van der Waals surface area (Å²) in [5.41, 5.74) is 0. The zero-order chi connectivity index (χ0) is 12.5. The normalized spacial score (nSPS) is 10.3. The molecule has 0 heterocycles. The predicted molar refractivity (Wildman–Crippen MR) is 68.9 cm³/mol. The van der Waals surface area contributed by atoms with Crippen LogP contribution >= 0.6 is 15.9 Å². The average molecular weight is 305 g/mol. The molecule has 0 aliphatic heterocycles. The van der Waals surface area contributed by atoms with Gasteiger partial charge in [0.2, 0.25) is 0 Å². The molecule has 0 aliphatic rings. The lowest BCUT2D eigenvalue weighted by Crippen LogP contribution is -2.06. The van der Waals surface area contributed by atoms with Gasteiger partial charge < -0.3 is 18.9 Å². The minimum absolute atomic E-state index is 0.518. The molecule has 4 nitrogen and oxygen atoms in total. The molecule has 1 rings (SSSR count). The van der Waals surface area contributed by atoms with E-state index in [4.69, 9.17) is 18.9 Å². The Balaban J connectivity index is 2.53. The Bertz CT molecular complexity index is 302. The molecule has 5 heteroatoms. The minimum Gasteiger partial charge on any atom is -0.491 e. The van der Waals surface area contributed by atoms with Crippen molar-refractivity contribution in [1.29, 1.82) is 0 Å². The predicted octanol–water partition coefficient (Wildman–Crippen LogP) is 2.50. The van der Waals surface area contributed by atoms with Crippen molar-refractivity contribution in [3.8, 4) is 11.5 Å². The van der Waals surface area contributed by atoms with Gasteiger partial charge >= 0.3 is 0 Å². The number of hydrogen-bond acceptors (Lipinski definition) is 4. The summed E-state index contributed by atoms with van der Waals surface area (Å²) < 4.78 is 21.8. The van der Waals surface area contributed by atoms with Crippen molar-refractivity contribution in [1.82, 2.24) is 0 Å². The third-order valence-electron chi connectivity index (χ3n) is 1.96. The van der Waals surface area contributed by atoms with Crippen molar-refractivity contribution in [2.24, 2.45) is 0 Å². The molecule has 0 amide bonds. The molecule has 96 valence electrons. The van der Waals surface area contributed by atoms with E-state index >= 15 is 0 Å². The highest BCUT2D eigenvalue weighted by molar-refractivity contribution is 9.10. The van der Waals surface area contributed by atoms with E-state index in [1.165, 1.54) is 0 Å². The van der Waals surface area contributed by atoms with Crippen LogP contribution < -0.4 is 9.47 Å². The quantitative estimate of drug-likeness (QED) is 0.692. The third kappa shape index (κ3) is 5.91. The van der Waals surface area contributed by atoms with Crippen LogP contribution in [-0.4, -0.2) is 40.6 Å². The summed E-state index contributed by atoms with van der Waals surface area (Å²) >= 11 is 3.41. The molecule has 1 aromatic carbocycles. The summed E-state index contributed by atoms with van der Waals surface area (Å²) in [7, 11) is 3.28. The molecular formula is C12H17BrO4. The van der Waals surface area contributed by atoms with Crippen LogP contribution in [-0.2, 0) is 9.47 Å². The van der Waals surface area contributed by atoms with Crippen LogP contribution in [0, 0.1) is 0 Å². The van der Waals surface area contributed by atoms with Gasteiger partial charge in [0.25, 0.3) is 0 Å². The van der Waals surface area contributed by atoms with Gasteiger partial charge in [-0.1, -0.05) is 15.9 Å². The summed E-state index contributed by atoms with van der Waals surface area (Å²) in [5, 5.41) is 0. The van der Waals surface area contributed by atoms with Gasteiger partial charge in [-0.2, -0.15) is 0 Å². The Kier molecular flexibility index (Phi) is 7.00. The monoisotopic (exact) mass is 304 g/mol. The van der Waals surface area contributed by atoms with E-state index in [0.29, 0.717) is 26.4 Å². The van der Waals surface area contributed by atoms with Gasteiger partial charge in [0.1, 0.15) is 24.7 Å². The largest absolute Gasteiger partial charge is 0.491 e. The molecule has 0 N–H and O–H groups in total. The number of benzene rings is 1. The lowest BCUT2D eigenvalue weighted by atomic mass is 10.3. The summed E-state index contributed by atoms with van der Waals surface area (Å²) in [6.45, 7) is 2.16. The molecular weight excluding hydrogens is 288 g/mol. The zero-order valence-electron chi connectivity index (χ0n) is 10.1. The second-order valence-electron chi connectivity index (χ2n) is 3.31. The Labute approximate surface area is 110 Å². The maximum absolute atomic E-state index is 5.51. The Morgan fingerprint density at radius 3 is 1.71 bits per heavy atom. The summed E-state index contributed by atoms with van der Waals surface area (Å²) in [6.07, 6.45) is 0. The van der Waals surface area contributed by atoms with E-state index in [1.54, 1.807) is 14.2 Å². The van der Waals surface area contributed by atoms with Crippen molar-refractivity contribution in [2.75, 3.05) is 40.6 Å². The van der Waals surface area contributed by atoms with Crippen molar-refractivity contribution < 1.29 is 18.9 Å². The molecule has 0 saturated heterocycles. The van der Waals surface area contributed by atoms with Gasteiger partial charge in [0.15, 0.2) is 0 Å². The van der Waals surface area contributed by atoms with Gasteiger partial charge in [0.05, 0.1) is 13.2 Å². The number of methoxy groups -OCH3 is 2. The first kappa shape index (κ1) is 14.3. The molecule has 0 saturated carbocycles. The molecule has 0 spiro atoms. The van der Waals surface area contributed by atoms with Crippen LogP contribution in [0.25, 0.3) is 0 Å². The molecule has 1 aromatic rings. The van der Waals surface area contributed by atoms with Crippen molar-refractivity contribution >= 4 is 15.9 Å². The second kappa shape index (κ2) is 8.33. The average Bonchev–Trinajstić information content (AvgIpc) is 2.29. The van der Waals surface area contributed by atoms with Crippen LogP contribution in [0.3, 0.4) is 0 Å². The van der Waals surface area contributed by atoms with Gasteiger partial charge in [-0.25, -0.2) is 0 Å². The Hall–Kier alpha value is -0.780. The highest BCUT2D eigenvalue weighted by atomic mass is 79.9. The van der Waals surface area contributed by atoms with Gasteiger partial charge in [-0.3, -0.25) is 0 Å². The van der Waals surface area contributed by atoms with Gasteiger partial charge in [0, 0.05) is 24.8 Å². The summed E-state index contributed by atoms with van der Waals surface area (Å²) in [6, 6.07) is 5.62. The van der Waals surface area contributed by atoms with Crippen LogP contribution in [0.5, 0.6) is 11.5 Å². The van der Waals surface area contributed by atoms with Crippen LogP contribution in [0.15, 0.2) is 22.7 Å². The van der Waals surface area contributed by atoms with E-state index in [0.717, 1.165) is 16.0 Å². The molecule has 0 bridgehead atoms. The fourth-order valence-corrected chi connectivity index (χ4v) is 1.64. The van der Waals surface area contributed by atoms with Gasteiger partial charge in [-0.15, -0.1) is 0 Å². The lowest BCUT2D eigenvalue weighted by Gasteiger charge is -2.10. The maximum Gasteiger partial charge on any atom is 0.124 e. The fraction of sp³-hybridized carbons (Fsp3) is 0.500. The summed E-state index contributed by atoms with van der Waals surface area (Å²) in [4.78, 5) is 0. The zero-order valence-corrected chi connectivity index (χ0v) is 11.7. The Morgan fingerprint density at radius 2 is 1.29 bits per heavy atom. The van der Waals surface area contributed by atoms with Gasteiger partial charge in [-0.05, 0) is 12.1 Å². The molecule has 0 aromatic heterocycles. The standard InChI is InChI=1S/C12H17BrO4/c1-14-3-5-16-11-7-10(13)8-12(9-11)17-6-4-15-2/h7-9H,3-6H2,1-2H3. The number of hydrogen-bond donors (Lipinski definition) is 0. The summed E-state index contributed by atoms with van der Waals surface area (Å²) in [5.74, 6) is 1.51. The third-order valence-corrected chi connectivity index (χ3v) is 2.42. The highest BCUT2D eigenvalue weighted by Crippen LogP contribution is 2.26. The number of ether oxygens (including phenoxy) is 4. The molecule has 0 fully saturated rings. The molecule has 0 radical (unpaired) electrons. The smallest absolute Gasteiger partial charge is 0.124 e. The van der Waals surface area contributed by atoms with Crippen molar-refractivity contribution in [3.05, 3.63) is 22.7 Å². The highest BCUT2D eigenvalue weighted by Gasteiger charge is 2.01. The number of halogens is 1. The SMILES string of the molecule is COCCOc1cc(Br)cc(OCCOC)c1. The molecule has 0 unspecified atom stereocenters. The van der Waals surface area contributed by atoms with E-state index in [1.807, 2.05) is 18.2 Å². The molecule has 0 atom stereocenters. The first-order valence-electron chi connectivity index (χ1n) is 5.30. The number of rotatable bonds is 8. The lowest BCUT2D eigenvalue weighted by molar-refractivity contribution is 0.142. The van der Waals surface area contributed by atoms with E-state index in [2.05, 4.69) is 15.9 Å². The van der Waals surface area contributed by atoms with Crippen molar-refractivity contribution in [2.45, 2.75) is 0 Å². The van der Waals surface area contributed by atoms with Crippen molar-refractivity contribution in [3.63, 3.8) is 0 Å². The maximum atomic E-state index is 5.51. The van der Waals surface area contributed by atoms with E-state index < -0.39 is 0 Å². The van der Waals surface area contributed by atoms with Crippen LogP contribution in [0.1, 0.15) is 0 Å². The van der Waals surface area contributed by atoms with Crippen LogP contribution in [0.4, 0.5) is 0 Å². The first-order valence-corrected chi connectivity index (χ1v) is 6.09. The first-order chi connectivity index (χ1) is 8.26.